The second-order valence-electron chi connectivity index (χ2n) is 8.67. The summed E-state index contributed by atoms with van der Waals surface area (Å²) in [7, 11) is 1.60. The fraction of sp³-hybridized carbons (Fsp3) is 0.480. The Bertz CT molecular complexity index is 1040. The Hall–Kier alpha value is -2.84. The van der Waals surface area contributed by atoms with Crippen molar-refractivity contribution in [2.24, 2.45) is 0 Å². The molecule has 2 amide bonds. The molecule has 1 unspecified atom stereocenters. The van der Waals surface area contributed by atoms with E-state index in [1.807, 2.05) is 36.2 Å². The number of hydrogen-bond donors (Lipinski definition) is 0. The monoisotopic (exact) mass is 488 g/mol. The number of pyridine rings is 1. The predicted molar refractivity (Wildman–Crippen MR) is 134 cm³/mol. The summed E-state index contributed by atoms with van der Waals surface area (Å²) in [5.74, 6) is 1.02. The number of aromatic nitrogens is 1. The number of hydrogen-bond acceptors (Lipinski definition) is 6. The van der Waals surface area contributed by atoms with Crippen LogP contribution < -0.4 is 9.80 Å². The van der Waals surface area contributed by atoms with Crippen molar-refractivity contribution in [1.29, 1.82) is 0 Å². The third-order valence-electron chi connectivity index (χ3n) is 6.42. The number of rotatable bonds is 6. The van der Waals surface area contributed by atoms with Gasteiger partial charge in [-0.25, -0.2) is 9.78 Å². The van der Waals surface area contributed by atoms with Crippen LogP contribution in [0.4, 0.5) is 16.3 Å². The molecule has 0 spiro atoms. The van der Waals surface area contributed by atoms with Gasteiger partial charge in [-0.15, -0.1) is 12.4 Å². The first-order valence-electron chi connectivity index (χ1n) is 11.5. The molecule has 1 atom stereocenters. The van der Waals surface area contributed by atoms with Crippen LogP contribution in [0.1, 0.15) is 34.0 Å². The van der Waals surface area contributed by atoms with E-state index in [0.29, 0.717) is 31.9 Å². The van der Waals surface area contributed by atoms with Crippen molar-refractivity contribution in [2.75, 3.05) is 56.3 Å². The topological polar surface area (TPSA) is 75.2 Å². The Kier molecular flexibility index (Phi) is 8.38. The molecule has 34 heavy (non-hydrogen) atoms. The Morgan fingerprint density at radius 1 is 1.15 bits per heavy atom. The summed E-state index contributed by atoms with van der Waals surface area (Å²) in [6.07, 6.45) is 2.53. The van der Waals surface area contributed by atoms with E-state index in [1.165, 1.54) is 11.1 Å². The Morgan fingerprint density at radius 3 is 2.50 bits per heavy atom. The van der Waals surface area contributed by atoms with E-state index >= 15 is 0 Å². The van der Waals surface area contributed by atoms with Crippen LogP contribution >= 0.6 is 12.4 Å². The molecule has 4 rings (SSSR count). The van der Waals surface area contributed by atoms with Crippen molar-refractivity contribution in [1.82, 2.24) is 9.88 Å². The lowest BCUT2D eigenvalue weighted by molar-refractivity contribution is 0.0745. The molecule has 2 aliphatic heterocycles. The molecule has 8 nitrogen and oxygen atoms in total. The highest BCUT2D eigenvalue weighted by molar-refractivity contribution is 5.97. The Labute approximate surface area is 207 Å². The maximum Gasteiger partial charge on any atom is 0.414 e. The summed E-state index contributed by atoms with van der Waals surface area (Å²) >= 11 is 0. The largest absolute Gasteiger partial charge is 0.447 e. The SMILES string of the molecule is CCc1cnc(N2CCN(C(=O)c3ccc(N4C(=O)OCC4COC)cc3C)CC2)c(C)c1.Cl. The van der Waals surface area contributed by atoms with Crippen LogP contribution in [0.15, 0.2) is 30.5 Å². The molecule has 184 valence electrons. The van der Waals surface area contributed by atoms with Crippen molar-refractivity contribution in [3.05, 3.63) is 52.7 Å². The lowest BCUT2D eigenvalue weighted by atomic mass is 10.0. The number of cyclic esters (lactones) is 1. The average Bonchev–Trinajstić information content (AvgIpc) is 3.18. The summed E-state index contributed by atoms with van der Waals surface area (Å²) in [5, 5.41) is 0. The summed E-state index contributed by atoms with van der Waals surface area (Å²) in [6.45, 7) is 9.61. The number of halogens is 1. The minimum absolute atomic E-state index is 0. The number of amides is 2. The number of aryl methyl sites for hydroxylation is 3. The van der Waals surface area contributed by atoms with Gasteiger partial charge in [0.1, 0.15) is 12.4 Å². The number of anilines is 2. The number of methoxy groups -OCH3 is 1. The molecule has 2 aliphatic rings. The van der Waals surface area contributed by atoms with Crippen molar-refractivity contribution in [3.8, 4) is 0 Å². The first-order valence-corrected chi connectivity index (χ1v) is 11.5. The van der Waals surface area contributed by atoms with E-state index < -0.39 is 0 Å². The van der Waals surface area contributed by atoms with E-state index in [-0.39, 0.29) is 30.4 Å². The smallest absolute Gasteiger partial charge is 0.414 e. The van der Waals surface area contributed by atoms with Crippen molar-refractivity contribution < 1.29 is 19.1 Å². The highest BCUT2D eigenvalue weighted by Crippen LogP contribution is 2.27. The summed E-state index contributed by atoms with van der Waals surface area (Å²) in [6, 6.07) is 7.53. The first kappa shape index (κ1) is 25.8. The molecule has 0 N–H and O–H groups in total. The van der Waals surface area contributed by atoms with Crippen molar-refractivity contribution in [3.63, 3.8) is 0 Å². The Balaban J connectivity index is 0.00000324. The third kappa shape index (κ3) is 5.13. The number of benzene rings is 1. The maximum atomic E-state index is 13.2. The van der Waals surface area contributed by atoms with Crippen LogP contribution in [0.3, 0.4) is 0 Å². The molecule has 1 aromatic heterocycles. The van der Waals surface area contributed by atoms with Crippen LogP contribution in [0, 0.1) is 13.8 Å². The van der Waals surface area contributed by atoms with Crippen LogP contribution in [0.2, 0.25) is 0 Å². The van der Waals surface area contributed by atoms with Gasteiger partial charge >= 0.3 is 6.09 Å². The van der Waals surface area contributed by atoms with Crippen LogP contribution in [-0.2, 0) is 15.9 Å². The van der Waals surface area contributed by atoms with Gasteiger partial charge in [0.2, 0.25) is 0 Å². The molecule has 1 aromatic carbocycles. The zero-order chi connectivity index (χ0) is 23.5. The lowest BCUT2D eigenvalue weighted by Gasteiger charge is -2.36. The standard InChI is InChI=1S/C25H32N4O4.ClH/c1-5-19-12-18(3)23(26-14-19)27-8-10-28(11-9-27)24(30)22-7-6-20(13-17(22)2)29-21(15-32-4)16-33-25(29)31;/h6-7,12-14,21H,5,8-11,15-16H2,1-4H3;1H. The number of nitrogens with zero attached hydrogens (tertiary/aromatic N) is 4. The molecular weight excluding hydrogens is 456 g/mol. The quantitative estimate of drug-likeness (QED) is 0.618. The molecule has 0 aliphatic carbocycles. The van der Waals surface area contributed by atoms with Crippen molar-refractivity contribution in [2.45, 2.75) is 33.2 Å². The van der Waals surface area contributed by atoms with E-state index in [4.69, 9.17) is 9.47 Å². The van der Waals surface area contributed by atoms with E-state index in [9.17, 15) is 9.59 Å². The minimum atomic E-state index is -0.387. The lowest BCUT2D eigenvalue weighted by Crippen LogP contribution is -2.49. The summed E-state index contributed by atoms with van der Waals surface area (Å²) in [5.41, 5.74) is 4.62. The molecule has 2 saturated heterocycles. The van der Waals surface area contributed by atoms with Crippen LogP contribution in [0.25, 0.3) is 0 Å². The Morgan fingerprint density at radius 2 is 1.88 bits per heavy atom. The van der Waals surface area contributed by atoms with Gasteiger partial charge in [0, 0.05) is 50.7 Å². The molecule has 0 bridgehead atoms. The number of ether oxygens (including phenoxy) is 2. The van der Waals surface area contributed by atoms with Gasteiger partial charge in [0.05, 0.1) is 12.6 Å². The van der Waals surface area contributed by atoms with Gasteiger partial charge in [0.15, 0.2) is 0 Å². The number of piperazine rings is 1. The summed E-state index contributed by atoms with van der Waals surface area (Å²) < 4.78 is 10.4. The molecule has 0 radical (unpaired) electrons. The average molecular weight is 489 g/mol. The fourth-order valence-electron chi connectivity index (χ4n) is 4.57. The minimum Gasteiger partial charge on any atom is -0.447 e. The van der Waals surface area contributed by atoms with E-state index in [0.717, 1.165) is 36.6 Å². The predicted octanol–water partition coefficient (Wildman–Crippen LogP) is 3.62. The molecule has 0 saturated carbocycles. The second kappa shape index (κ2) is 11.1. The van der Waals surface area contributed by atoms with Gasteiger partial charge in [-0.2, -0.15) is 0 Å². The normalized spacial score (nSPS) is 18.1. The highest BCUT2D eigenvalue weighted by Gasteiger charge is 2.34. The molecule has 9 heteroatoms. The van der Waals surface area contributed by atoms with E-state index in [1.54, 1.807) is 12.0 Å². The summed E-state index contributed by atoms with van der Waals surface area (Å²) in [4.78, 5) is 35.9. The van der Waals surface area contributed by atoms with Crippen LogP contribution in [-0.4, -0.2) is 74.4 Å². The van der Waals surface area contributed by atoms with Gasteiger partial charge in [-0.1, -0.05) is 13.0 Å². The molecular formula is C25H33ClN4O4. The maximum absolute atomic E-state index is 13.2. The fourth-order valence-corrected chi connectivity index (χ4v) is 4.57. The van der Waals surface area contributed by atoms with Gasteiger partial charge in [-0.3, -0.25) is 9.69 Å². The number of carbonyl (C=O) groups is 2. The molecule has 2 aromatic rings. The molecule has 3 heterocycles. The number of carbonyl (C=O) groups excluding carboxylic acids is 2. The first-order chi connectivity index (χ1) is 15.9. The zero-order valence-corrected chi connectivity index (χ0v) is 21.1. The highest BCUT2D eigenvalue weighted by atomic mass is 35.5. The zero-order valence-electron chi connectivity index (χ0n) is 20.2. The van der Waals surface area contributed by atoms with Gasteiger partial charge in [-0.05, 0) is 55.2 Å². The van der Waals surface area contributed by atoms with E-state index in [2.05, 4.69) is 29.8 Å². The third-order valence-corrected chi connectivity index (χ3v) is 6.42. The second-order valence-corrected chi connectivity index (χ2v) is 8.67. The van der Waals surface area contributed by atoms with Crippen LogP contribution in [0.5, 0.6) is 0 Å². The van der Waals surface area contributed by atoms with Gasteiger partial charge < -0.3 is 19.3 Å². The molecule has 2 fully saturated rings. The van der Waals surface area contributed by atoms with Crippen molar-refractivity contribution >= 4 is 35.9 Å². The van der Waals surface area contributed by atoms with Gasteiger partial charge in [0.25, 0.3) is 5.91 Å².